The molecule has 2 rings (SSSR count). The van der Waals surface area contributed by atoms with Gasteiger partial charge in [-0.05, 0) is 31.8 Å². The summed E-state index contributed by atoms with van der Waals surface area (Å²) in [7, 11) is 0. The number of hydrogen-bond acceptors (Lipinski definition) is 2. The summed E-state index contributed by atoms with van der Waals surface area (Å²) < 4.78 is 2.18. The Kier molecular flexibility index (Phi) is 3.87. The van der Waals surface area contributed by atoms with E-state index in [2.05, 4.69) is 28.7 Å². The van der Waals surface area contributed by atoms with Crippen LogP contribution in [0.15, 0.2) is 6.20 Å². The van der Waals surface area contributed by atoms with Crippen LogP contribution in [0.1, 0.15) is 38.4 Å². The number of piperidine rings is 1. The van der Waals surface area contributed by atoms with Crippen molar-refractivity contribution in [2.75, 3.05) is 13.1 Å². The Hall–Kier alpha value is -0.540. The second-order valence-electron chi connectivity index (χ2n) is 4.90. The molecular formula is C12H20ClN3. The van der Waals surface area contributed by atoms with Crippen molar-refractivity contribution >= 4 is 11.6 Å². The lowest BCUT2D eigenvalue weighted by Crippen LogP contribution is -2.30. The number of rotatable bonds is 3. The molecule has 0 atom stereocenters. The van der Waals surface area contributed by atoms with Crippen LogP contribution in [0.5, 0.6) is 0 Å². The molecule has 1 aromatic heterocycles. The summed E-state index contributed by atoms with van der Waals surface area (Å²) in [4.78, 5) is 4.40. The SMILES string of the molecule is CC(C)c1ncc(Cl)n1CC1CCNCC1. The van der Waals surface area contributed by atoms with Crippen molar-refractivity contribution in [2.45, 2.75) is 39.2 Å². The predicted octanol–water partition coefficient (Wildman–Crippen LogP) is 2.66. The third-order valence-electron chi connectivity index (χ3n) is 3.25. The van der Waals surface area contributed by atoms with Gasteiger partial charge >= 0.3 is 0 Å². The lowest BCUT2D eigenvalue weighted by molar-refractivity contribution is 0.328. The lowest BCUT2D eigenvalue weighted by Gasteiger charge is -2.24. The topological polar surface area (TPSA) is 29.9 Å². The maximum atomic E-state index is 6.19. The second-order valence-corrected chi connectivity index (χ2v) is 5.29. The molecule has 2 heterocycles. The van der Waals surface area contributed by atoms with Crippen molar-refractivity contribution in [1.82, 2.24) is 14.9 Å². The van der Waals surface area contributed by atoms with Gasteiger partial charge in [0, 0.05) is 12.5 Å². The van der Waals surface area contributed by atoms with Crippen LogP contribution in [0, 0.1) is 5.92 Å². The average molecular weight is 242 g/mol. The molecule has 1 fully saturated rings. The molecule has 0 radical (unpaired) electrons. The molecule has 0 saturated carbocycles. The smallest absolute Gasteiger partial charge is 0.128 e. The van der Waals surface area contributed by atoms with Crippen LogP contribution in [0.25, 0.3) is 0 Å². The first-order valence-electron chi connectivity index (χ1n) is 6.10. The van der Waals surface area contributed by atoms with Crippen molar-refractivity contribution in [1.29, 1.82) is 0 Å². The molecule has 3 nitrogen and oxygen atoms in total. The summed E-state index contributed by atoms with van der Waals surface area (Å²) in [6.07, 6.45) is 4.26. The average Bonchev–Trinajstić information content (AvgIpc) is 2.62. The third-order valence-corrected chi connectivity index (χ3v) is 3.56. The number of aromatic nitrogens is 2. The summed E-state index contributed by atoms with van der Waals surface area (Å²) in [6.45, 7) is 7.62. The fraction of sp³-hybridized carbons (Fsp3) is 0.750. The molecule has 4 heteroatoms. The highest BCUT2D eigenvalue weighted by molar-refractivity contribution is 6.29. The van der Waals surface area contributed by atoms with Gasteiger partial charge in [0.25, 0.3) is 0 Å². The highest BCUT2D eigenvalue weighted by Crippen LogP contribution is 2.23. The Morgan fingerprint density at radius 1 is 1.50 bits per heavy atom. The van der Waals surface area contributed by atoms with Gasteiger partial charge in [-0.15, -0.1) is 0 Å². The summed E-state index contributed by atoms with van der Waals surface area (Å²) >= 11 is 6.19. The lowest BCUT2D eigenvalue weighted by atomic mass is 9.98. The number of nitrogens with zero attached hydrogens (tertiary/aromatic N) is 2. The molecule has 16 heavy (non-hydrogen) atoms. The van der Waals surface area contributed by atoms with Gasteiger partial charge in [0.15, 0.2) is 0 Å². The molecule has 0 bridgehead atoms. The summed E-state index contributed by atoms with van der Waals surface area (Å²) in [6, 6.07) is 0. The molecule has 0 aromatic carbocycles. The van der Waals surface area contributed by atoms with Gasteiger partial charge in [-0.2, -0.15) is 0 Å². The van der Waals surface area contributed by atoms with Crippen LogP contribution in [0.3, 0.4) is 0 Å². The molecule has 0 amide bonds. The molecule has 1 N–H and O–H groups in total. The van der Waals surface area contributed by atoms with E-state index in [1.54, 1.807) is 6.20 Å². The Morgan fingerprint density at radius 3 is 2.81 bits per heavy atom. The van der Waals surface area contributed by atoms with E-state index in [0.717, 1.165) is 36.5 Å². The molecular weight excluding hydrogens is 222 g/mol. The van der Waals surface area contributed by atoms with Gasteiger partial charge in [0.1, 0.15) is 11.0 Å². The highest BCUT2D eigenvalue weighted by Gasteiger charge is 2.18. The maximum absolute atomic E-state index is 6.19. The monoisotopic (exact) mass is 241 g/mol. The zero-order valence-corrected chi connectivity index (χ0v) is 10.8. The molecule has 0 unspecified atom stereocenters. The summed E-state index contributed by atoms with van der Waals surface area (Å²) in [5, 5.41) is 4.17. The molecule has 1 aliphatic rings. The maximum Gasteiger partial charge on any atom is 0.128 e. The third kappa shape index (κ3) is 2.58. The van der Waals surface area contributed by atoms with Crippen molar-refractivity contribution in [3.05, 3.63) is 17.2 Å². The van der Waals surface area contributed by atoms with E-state index in [1.807, 2.05) is 0 Å². The first kappa shape index (κ1) is 11.9. The Bertz CT molecular complexity index is 340. The van der Waals surface area contributed by atoms with Crippen LogP contribution in [0.4, 0.5) is 0 Å². The minimum Gasteiger partial charge on any atom is -0.319 e. The van der Waals surface area contributed by atoms with Gasteiger partial charge in [-0.1, -0.05) is 25.4 Å². The zero-order chi connectivity index (χ0) is 11.5. The van der Waals surface area contributed by atoms with Crippen molar-refractivity contribution < 1.29 is 0 Å². The summed E-state index contributed by atoms with van der Waals surface area (Å²) in [5.41, 5.74) is 0. The highest BCUT2D eigenvalue weighted by atomic mass is 35.5. The minimum atomic E-state index is 0.439. The van der Waals surface area contributed by atoms with Crippen molar-refractivity contribution in [2.24, 2.45) is 5.92 Å². The standard InChI is InChI=1S/C12H20ClN3/c1-9(2)12-15-7-11(13)16(12)8-10-3-5-14-6-4-10/h7,9-10,14H,3-6,8H2,1-2H3. The van der Waals surface area contributed by atoms with Crippen LogP contribution in [0.2, 0.25) is 5.15 Å². The van der Waals surface area contributed by atoms with E-state index < -0.39 is 0 Å². The molecule has 1 saturated heterocycles. The molecule has 90 valence electrons. The van der Waals surface area contributed by atoms with E-state index in [0.29, 0.717) is 5.92 Å². The van der Waals surface area contributed by atoms with Gasteiger partial charge in [0.2, 0.25) is 0 Å². The number of nitrogens with one attached hydrogen (secondary N) is 1. The minimum absolute atomic E-state index is 0.439. The fourth-order valence-corrected chi connectivity index (χ4v) is 2.54. The van der Waals surface area contributed by atoms with E-state index in [1.165, 1.54) is 12.8 Å². The van der Waals surface area contributed by atoms with Crippen molar-refractivity contribution in [3.63, 3.8) is 0 Å². The zero-order valence-electron chi connectivity index (χ0n) is 10.0. The molecule has 1 aliphatic heterocycles. The van der Waals surface area contributed by atoms with E-state index in [9.17, 15) is 0 Å². The van der Waals surface area contributed by atoms with Crippen LogP contribution in [-0.4, -0.2) is 22.6 Å². The van der Waals surface area contributed by atoms with E-state index in [4.69, 9.17) is 11.6 Å². The van der Waals surface area contributed by atoms with Crippen LogP contribution < -0.4 is 5.32 Å². The largest absolute Gasteiger partial charge is 0.319 e. The second kappa shape index (κ2) is 5.19. The predicted molar refractivity (Wildman–Crippen MR) is 66.9 cm³/mol. The number of halogens is 1. The van der Waals surface area contributed by atoms with Crippen LogP contribution >= 0.6 is 11.6 Å². The number of imidazole rings is 1. The van der Waals surface area contributed by atoms with Gasteiger partial charge in [0.05, 0.1) is 6.20 Å². The Morgan fingerprint density at radius 2 is 2.19 bits per heavy atom. The molecule has 1 aromatic rings. The Balaban J connectivity index is 2.09. The van der Waals surface area contributed by atoms with Crippen LogP contribution in [-0.2, 0) is 6.54 Å². The van der Waals surface area contributed by atoms with Crippen molar-refractivity contribution in [3.8, 4) is 0 Å². The van der Waals surface area contributed by atoms with Gasteiger partial charge < -0.3 is 9.88 Å². The number of hydrogen-bond donors (Lipinski definition) is 1. The fourth-order valence-electron chi connectivity index (χ4n) is 2.33. The molecule has 0 aliphatic carbocycles. The van der Waals surface area contributed by atoms with Gasteiger partial charge in [-0.3, -0.25) is 0 Å². The van der Waals surface area contributed by atoms with E-state index >= 15 is 0 Å². The summed E-state index contributed by atoms with van der Waals surface area (Å²) in [5.74, 6) is 2.29. The molecule has 0 spiro atoms. The normalized spacial score (nSPS) is 18.2. The Labute approximate surface area is 102 Å². The first-order chi connectivity index (χ1) is 7.68. The van der Waals surface area contributed by atoms with Gasteiger partial charge in [-0.25, -0.2) is 4.98 Å². The van der Waals surface area contributed by atoms with E-state index in [-0.39, 0.29) is 0 Å². The first-order valence-corrected chi connectivity index (χ1v) is 6.48. The quantitative estimate of drug-likeness (QED) is 0.882.